The lowest BCUT2D eigenvalue weighted by molar-refractivity contribution is 0.299. The third-order valence-corrected chi connectivity index (χ3v) is 3.73. The van der Waals surface area contributed by atoms with Crippen LogP contribution in [0.3, 0.4) is 0 Å². The second-order valence-electron chi connectivity index (χ2n) is 5.40. The maximum Gasteiger partial charge on any atom is 0.160 e. The van der Waals surface area contributed by atoms with Gasteiger partial charge in [-0.25, -0.2) is 4.98 Å². The van der Waals surface area contributed by atoms with E-state index in [9.17, 15) is 5.11 Å². The quantitative estimate of drug-likeness (QED) is 0.787. The number of aliphatic hydroxyl groups is 1. The number of phenolic OH excluding ortho intramolecular Hbond substituents is 1. The minimum Gasteiger partial charge on any atom is -0.504 e. The molecule has 0 saturated carbocycles. The highest BCUT2D eigenvalue weighted by atomic mass is 16.5. The topological polar surface area (TPSA) is 77.8 Å². The van der Waals surface area contributed by atoms with E-state index < -0.39 is 0 Å². The van der Waals surface area contributed by atoms with Crippen LogP contribution in [0.4, 0.5) is 5.82 Å². The van der Waals surface area contributed by atoms with Gasteiger partial charge in [0.15, 0.2) is 11.5 Å². The van der Waals surface area contributed by atoms with Gasteiger partial charge < -0.3 is 25.2 Å². The molecule has 1 aliphatic heterocycles. The Hall–Kier alpha value is -2.31. The molecule has 1 aromatic heterocycles. The second kappa shape index (κ2) is 9.75. The van der Waals surface area contributed by atoms with E-state index in [1.54, 1.807) is 18.2 Å². The van der Waals surface area contributed by atoms with Gasteiger partial charge in [0.2, 0.25) is 0 Å². The van der Waals surface area contributed by atoms with E-state index in [1.807, 2.05) is 18.3 Å². The summed E-state index contributed by atoms with van der Waals surface area (Å²) in [4.78, 5) is 6.60. The first-order valence-corrected chi connectivity index (χ1v) is 8.08. The summed E-state index contributed by atoms with van der Waals surface area (Å²) in [5.41, 5.74) is 0.951. The van der Waals surface area contributed by atoms with Gasteiger partial charge in [0.1, 0.15) is 5.82 Å². The van der Waals surface area contributed by atoms with E-state index in [4.69, 9.17) is 9.84 Å². The monoisotopic (exact) mass is 331 g/mol. The molecule has 2 aromatic rings. The molecule has 1 saturated heterocycles. The molecule has 2 heterocycles. The first kappa shape index (κ1) is 18.0. The number of phenols is 1. The van der Waals surface area contributed by atoms with Crippen molar-refractivity contribution in [2.75, 3.05) is 44.8 Å². The maximum atomic E-state index is 9.22. The number of ether oxygens (including phenoxy) is 1. The third kappa shape index (κ3) is 5.40. The Labute approximate surface area is 142 Å². The van der Waals surface area contributed by atoms with Crippen molar-refractivity contribution in [2.24, 2.45) is 0 Å². The molecule has 6 nitrogen and oxygen atoms in total. The predicted molar refractivity (Wildman–Crippen MR) is 94.8 cm³/mol. The van der Waals surface area contributed by atoms with Crippen molar-refractivity contribution < 1.29 is 14.9 Å². The number of aliphatic hydroxyl groups excluding tert-OH is 1. The van der Waals surface area contributed by atoms with Crippen LogP contribution in [-0.4, -0.2) is 55.1 Å². The molecule has 6 heteroatoms. The Bertz CT molecular complexity index is 602. The van der Waals surface area contributed by atoms with E-state index in [-0.39, 0.29) is 12.4 Å². The highest BCUT2D eigenvalue weighted by Gasteiger charge is 2.09. The van der Waals surface area contributed by atoms with Gasteiger partial charge in [0.25, 0.3) is 0 Å². The number of hydrogen-bond donors (Lipinski definition) is 3. The molecule has 0 atom stereocenters. The molecule has 1 aliphatic rings. The summed E-state index contributed by atoms with van der Waals surface area (Å²) in [7, 11) is 1.50. The lowest BCUT2D eigenvalue weighted by Gasteiger charge is -2.28. The maximum absolute atomic E-state index is 9.22. The Morgan fingerprint density at radius 2 is 2.00 bits per heavy atom. The molecule has 0 unspecified atom stereocenters. The molecule has 3 rings (SSSR count). The highest BCUT2D eigenvalue weighted by molar-refractivity contribution is 5.41. The summed E-state index contributed by atoms with van der Waals surface area (Å²) in [5.74, 6) is 1.67. The lowest BCUT2D eigenvalue weighted by atomic mass is 10.1. The summed E-state index contributed by atoms with van der Waals surface area (Å²) < 4.78 is 4.90. The van der Waals surface area contributed by atoms with Crippen LogP contribution in [0.5, 0.6) is 11.5 Å². The van der Waals surface area contributed by atoms with Crippen LogP contribution in [0, 0.1) is 0 Å². The van der Waals surface area contributed by atoms with Crippen molar-refractivity contribution in [1.29, 1.82) is 0 Å². The largest absolute Gasteiger partial charge is 0.504 e. The van der Waals surface area contributed by atoms with E-state index >= 15 is 0 Å². The van der Waals surface area contributed by atoms with Crippen molar-refractivity contribution in [3.05, 3.63) is 48.2 Å². The van der Waals surface area contributed by atoms with Crippen molar-refractivity contribution >= 4 is 5.82 Å². The molecular weight excluding hydrogens is 306 g/mol. The summed E-state index contributed by atoms with van der Waals surface area (Å²) in [5, 5.41) is 21.2. The van der Waals surface area contributed by atoms with Crippen LogP contribution in [0.2, 0.25) is 0 Å². The Morgan fingerprint density at radius 3 is 2.62 bits per heavy atom. The number of pyridine rings is 1. The molecule has 130 valence electrons. The minimum atomic E-state index is 0.105. The standard InChI is InChI=1S/C9H13N3.C9H12O3/c1-2-4-11-9(3-1)12-7-5-10-6-8-12;1-12-9-6-7(4-5-10)2-3-8(9)11/h1-4,10H,5-8H2;2-3,6,10-11H,4-5H2,1H3. The number of anilines is 1. The fraction of sp³-hybridized carbons (Fsp3) is 0.389. The van der Waals surface area contributed by atoms with Gasteiger partial charge in [-0.3, -0.25) is 0 Å². The average Bonchev–Trinajstić information content (AvgIpc) is 2.65. The summed E-state index contributed by atoms with van der Waals surface area (Å²) in [6.45, 7) is 4.37. The zero-order valence-corrected chi connectivity index (χ0v) is 14.0. The number of piperazine rings is 1. The number of nitrogens with zero attached hydrogens (tertiary/aromatic N) is 2. The summed E-state index contributed by atoms with van der Waals surface area (Å²) >= 11 is 0. The molecule has 1 aromatic carbocycles. The van der Waals surface area contributed by atoms with Crippen molar-refractivity contribution in [3.8, 4) is 11.5 Å². The molecule has 0 aliphatic carbocycles. The van der Waals surface area contributed by atoms with Crippen LogP contribution in [0.15, 0.2) is 42.6 Å². The summed E-state index contributed by atoms with van der Waals surface area (Å²) in [6, 6.07) is 11.1. The minimum absolute atomic E-state index is 0.105. The molecule has 0 amide bonds. The number of aromatic nitrogens is 1. The van der Waals surface area contributed by atoms with Gasteiger partial charge in [-0.2, -0.15) is 0 Å². The zero-order valence-electron chi connectivity index (χ0n) is 14.0. The van der Waals surface area contributed by atoms with Gasteiger partial charge in [0, 0.05) is 39.0 Å². The van der Waals surface area contributed by atoms with Crippen molar-refractivity contribution in [2.45, 2.75) is 6.42 Å². The Balaban J connectivity index is 0.000000174. The van der Waals surface area contributed by atoms with Crippen LogP contribution in [0.25, 0.3) is 0 Å². The highest BCUT2D eigenvalue weighted by Crippen LogP contribution is 2.26. The van der Waals surface area contributed by atoms with Gasteiger partial charge >= 0.3 is 0 Å². The van der Waals surface area contributed by atoms with Gasteiger partial charge in [-0.1, -0.05) is 12.1 Å². The SMILES string of the molecule is COc1cc(CCO)ccc1O.c1ccc(N2CCNCC2)nc1. The molecule has 3 N–H and O–H groups in total. The van der Waals surface area contributed by atoms with Crippen LogP contribution in [0.1, 0.15) is 5.56 Å². The predicted octanol–water partition coefficient (Wildman–Crippen LogP) is 1.43. The number of methoxy groups -OCH3 is 1. The molecule has 0 bridgehead atoms. The normalized spacial score (nSPS) is 13.8. The number of benzene rings is 1. The first-order chi connectivity index (χ1) is 11.7. The Morgan fingerprint density at radius 1 is 1.21 bits per heavy atom. The smallest absolute Gasteiger partial charge is 0.160 e. The van der Waals surface area contributed by atoms with Crippen LogP contribution in [-0.2, 0) is 6.42 Å². The van der Waals surface area contributed by atoms with Crippen molar-refractivity contribution in [3.63, 3.8) is 0 Å². The molecule has 24 heavy (non-hydrogen) atoms. The lowest BCUT2D eigenvalue weighted by Crippen LogP contribution is -2.43. The summed E-state index contributed by atoms with van der Waals surface area (Å²) in [6.07, 6.45) is 2.42. The van der Waals surface area contributed by atoms with E-state index in [1.165, 1.54) is 7.11 Å². The molecule has 0 spiro atoms. The first-order valence-electron chi connectivity index (χ1n) is 8.08. The van der Waals surface area contributed by atoms with Gasteiger partial charge in [-0.15, -0.1) is 0 Å². The van der Waals surface area contributed by atoms with Crippen LogP contribution >= 0.6 is 0 Å². The molecular formula is C18H25N3O3. The second-order valence-corrected chi connectivity index (χ2v) is 5.40. The zero-order chi connectivity index (χ0) is 17.2. The van der Waals surface area contributed by atoms with Crippen LogP contribution < -0.4 is 15.0 Å². The number of hydrogen-bond acceptors (Lipinski definition) is 6. The number of nitrogens with one attached hydrogen (secondary N) is 1. The van der Waals surface area contributed by atoms with E-state index in [2.05, 4.69) is 21.3 Å². The average molecular weight is 331 g/mol. The van der Waals surface area contributed by atoms with E-state index in [0.29, 0.717) is 12.2 Å². The molecule has 0 radical (unpaired) electrons. The Kier molecular flexibility index (Phi) is 7.32. The number of aromatic hydroxyl groups is 1. The van der Waals surface area contributed by atoms with Gasteiger partial charge in [-0.05, 0) is 36.2 Å². The fourth-order valence-electron chi connectivity index (χ4n) is 2.44. The van der Waals surface area contributed by atoms with E-state index in [0.717, 1.165) is 37.6 Å². The van der Waals surface area contributed by atoms with Crippen molar-refractivity contribution in [1.82, 2.24) is 10.3 Å². The molecule has 1 fully saturated rings. The third-order valence-electron chi connectivity index (χ3n) is 3.73. The fourth-order valence-corrected chi connectivity index (χ4v) is 2.44. The van der Waals surface area contributed by atoms with Gasteiger partial charge in [0.05, 0.1) is 7.11 Å². The number of rotatable bonds is 4.